The van der Waals surface area contributed by atoms with Gasteiger partial charge in [-0.25, -0.2) is 0 Å². The minimum absolute atomic E-state index is 0.0117. The Kier molecular flexibility index (Phi) is 31.9. The van der Waals surface area contributed by atoms with Crippen molar-refractivity contribution in [1.82, 2.24) is 68.0 Å². The van der Waals surface area contributed by atoms with Gasteiger partial charge in [0.05, 0.1) is 6.61 Å². The maximum atomic E-state index is 15.3. The number of nitrogens with zero attached hydrogens (tertiary/aromatic N) is 2. The summed E-state index contributed by atoms with van der Waals surface area (Å²) >= 11 is 12.4. The van der Waals surface area contributed by atoms with Gasteiger partial charge in [-0.3, -0.25) is 73.3 Å². The number of H-pyrrole nitrogens is 1. The van der Waals surface area contributed by atoms with Crippen LogP contribution < -0.4 is 70.4 Å². The molecule has 32 nitrogen and oxygen atoms in total. The van der Waals surface area contributed by atoms with Gasteiger partial charge in [0.2, 0.25) is 65.0 Å². The fourth-order valence-electron chi connectivity index (χ4n) is 11.9. The summed E-state index contributed by atoms with van der Waals surface area (Å²) in [6.45, 7) is 6.25. The molecular weight excluding hydrogens is 1400 g/mol. The molecule has 21 N–H and O–H groups in total. The molecule has 6 rings (SSSR count). The number of aromatic nitrogens is 1. The van der Waals surface area contributed by atoms with Gasteiger partial charge >= 0.3 is 0 Å². The van der Waals surface area contributed by atoms with E-state index in [0.29, 0.717) is 54.5 Å². The summed E-state index contributed by atoms with van der Waals surface area (Å²) in [5, 5.41) is 64.2. The molecule has 1 aromatic heterocycles. The first-order valence-electron chi connectivity index (χ1n) is 34.2. The number of aliphatic hydroxyl groups excluding tert-OH is 1. The van der Waals surface area contributed by atoms with Gasteiger partial charge in [-0.1, -0.05) is 91.6 Å². The molecule has 5 aromatic rings. The van der Waals surface area contributed by atoms with Gasteiger partial charge in [0.15, 0.2) is 11.9 Å². The maximum Gasteiger partial charge on any atom is 0.252 e. The van der Waals surface area contributed by atoms with E-state index < -0.39 is 144 Å². The fourth-order valence-corrected chi connectivity index (χ4v) is 12.2. The lowest BCUT2D eigenvalue weighted by atomic mass is 9.99. The highest BCUT2D eigenvalue weighted by Crippen LogP contribution is 2.24. The molecule has 0 unspecified atom stereocenters. The first-order valence-corrected chi connectivity index (χ1v) is 35.0. The van der Waals surface area contributed by atoms with E-state index in [2.05, 4.69) is 58.2 Å². The predicted molar refractivity (Wildman–Crippen MR) is 391 cm³/mol. The number of hydrogen-bond acceptors (Lipinski definition) is 16. The molecular formula is C71H94Cl2N18O14. The van der Waals surface area contributed by atoms with Crippen molar-refractivity contribution in [2.24, 2.45) is 23.1 Å². The number of guanidine groups is 2. The van der Waals surface area contributed by atoms with Crippen molar-refractivity contribution >= 4 is 117 Å². The number of primary amides is 1. The number of imide groups is 1. The molecule has 0 spiro atoms. The minimum Gasteiger partial charge on any atom is -0.508 e. The summed E-state index contributed by atoms with van der Waals surface area (Å²) in [6.07, 6.45) is 1.03. The summed E-state index contributed by atoms with van der Waals surface area (Å²) in [5.74, 6) is -11.9. The molecule has 0 saturated carbocycles. The van der Waals surface area contributed by atoms with Crippen molar-refractivity contribution in [2.45, 2.75) is 166 Å². The highest BCUT2D eigenvalue weighted by Gasteiger charge is 2.42. The summed E-state index contributed by atoms with van der Waals surface area (Å²) in [6, 6.07) is 10.3. The third kappa shape index (κ3) is 25.8. The van der Waals surface area contributed by atoms with Gasteiger partial charge in [-0.2, -0.15) is 0 Å². The van der Waals surface area contributed by atoms with E-state index in [1.54, 1.807) is 80.7 Å². The standard InChI is InChI=1S/C71H94Cl2N18O14/c1-38(2)31-53(62(98)85-52(14-9-29-80-71(77)78)68(104)90-30-10-15-58(90)66(102)82-39(3)60(74)96)86-61(97)51(13-8-28-79-70(75)76)84-63(99)54(32-43-20-26-48(95)27-21-43)87-65(101)57(37-92)89-64(100)55(35-45-36-81-50-12-7-6-11-49(45)50)88-67(103)59(34-44-18-24-47(73)25-19-44)91(41(5)94)69(105)56(83-40(4)93)33-42-16-22-46(72)23-17-42/h6-7,11-12,16-27,36,38-39,51-59,81,92,95H,8-10,13-15,28-35,37H2,1-5H3,(H2,74,96)(H,82,102)(H,83,93)(H,84,99)(H,85,98)(H,86,97)(H,87,101)(H,88,103)(H,89,100)(H4,75,76,79)(H4,77,78,80)/t39-,51-,52+,53+,54+,55-,56+,57+,58+,59+/m1/s1. The van der Waals surface area contributed by atoms with Crippen LogP contribution in [0.3, 0.4) is 0 Å². The number of nitrogens with two attached hydrogens (primary N) is 3. The Bertz CT molecular complexity index is 3920. The average molecular weight is 1490 g/mol. The topological polar surface area (TPSA) is 514 Å². The number of aromatic hydroxyl groups is 1. The number of phenolic OH excluding ortho intramolecular Hbond substituents is 1. The van der Waals surface area contributed by atoms with Gasteiger partial charge in [0.25, 0.3) is 5.91 Å². The van der Waals surface area contributed by atoms with E-state index in [4.69, 9.17) is 51.2 Å². The zero-order chi connectivity index (χ0) is 77.2. The van der Waals surface area contributed by atoms with E-state index in [9.17, 15) is 58.2 Å². The molecule has 1 fully saturated rings. The van der Waals surface area contributed by atoms with Gasteiger partial charge in [0.1, 0.15) is 66.2 Å². The van der Waals surface area contributed by atoms with Crippen molar-refractivity contribution < 1.29 is 67.7 Å². The highest BCUT2D eigenvalue weighted by atomic mass is 35.5. The first-order chi connectivity index (χ1) is 49.8. The van der Waals surface area contributed by atoms with Gasteiger partial charge < -0.3 is 90.5 Å². The number of para-hydroxylation sites is 1. The monoisotopic (exact) mass is 1490 g/mol. The second kappa shape index (κ2) is 40.3. The number of aliphatic hydroxyl groups is 1. The summed E-state index contributed by atoms with van der Waals surface area (Å²) in [5.41, 5.74) is 18.9. The van der Waals surface area contributed by atoms with E-state index in [1.165, 1.54) is 55.1 Å². The third-order valence-corrected chi connectivity index (χ3v) is 17.8. The molecule has 0 radical (unpaired) electrons. The largest absolute Gasteiger partial charge is 0.508 e. The lowest BCUT2D eigenvalue weighted by Gasteiger charge is -2.33. The molecule has 4 aromatic carbocycles. The van der Waals surface area contributed by atoms with Crippen LogP contribution in [0, 0.1) is 16.7 Å². The number of rotatable bonds is 38. The Morgan fingerprint density at radius 2 is 1.06 bits per heavy atom. The molecule has 0 aliphatic carbocycles. The van der Waals surface area contributed by atoms with Crippen LogP contribution in [0.1, 0.15) is 102 Å². The van der Waals surface area contributed by atoms with E-state index >= 15 is 9.59 Å². The fraction of sp³-hybridized carbons (Fsp3) is 0.437. The van der Waals surface area contributed by atoms with Crippen molar-refractivity contribution in [3.8, 4) is 5.75 Å². The molecule has 566 valence electrons. The number of aromatic amines is 1. The van der Waals surface area contributed by atoms with Crippen molar-refractivity contribution in [1.29, 1.82) is 10.8 Å². The Balaban J connectivity index is 1.31. The number of fused-ring (bicyclic) bond motifs is 1. The minimum atomic E-state index is -1.91. The smallest absolute Gasteiger partial charge is 0.252 e. The number of nitrogens with one attached hydrogen (secondary N) is 13. The lowest BCUT2D eigenvalue weighted by Crippen LogP contribution is -2.62. The van der Waals surface area contributed by atoms with Crippen LogP contribution in [-0.2, 0) is 83.2 Å². The number of phenols is 1. The quantitative estimate of drug-likeness (QED) is 0.0142. The highest BCUT2D eigenvalue weighted by molar-refractivity contribution is 6.30. The van der Waals surface area contributed by atoms with Crippen LogP contribution in [0.2, 0.25) is 10.0 Å². The van der Waals surface area contributed by atoms with E-state index in [1.807, 2.05) is 0 Å². The molecule has 12 amide bonds. The molecule has 1 aliphatic rings. The number of likely N-dealkylation sites (tertiary alicyclic amines) is 1. The average Bonchev–Trinajstić information content (AvgIpc) is 1.77. The number of carbonyl (C=O) groups is 12. The second-order valence-electron chi connectivity index (χ2n) is 26.1. The van der Waals surface area contributed by atoms with Crippen molar-refractivity contribution in [3.63, 3.8) is 0 Å². The number of carbonyl (C=O) groups excluding carboxylic acids is 12. The van der Waals surface area contributed by atoms with Crippen LogP contribution in [0.5, 0.6) is 5.75 Å². The SMILES string of the molecule is CC(=O)N[C@@H](Cc1ccc(Cl)cc1)C(=O)N(C(C)=O)[C@@H](Cc1ccc(Cl)cc1)C(=O)N[C@H](Cc1c[nH]c2ccccc12)C(=O)N[C@@H](CO)C(=O)N[C@@H](Cc1ccc(O)cc1)C(=O)N[C@H](CCCNC(=N)N)C(=O)N[C@@H](CC(C)C)C(=O)N[C@@H](CCCNC(=N)N)C(=O)N1CCC[C@H]1C(=O)N[C@H](C)C(N)=O. The Morgan fingerprint density at radius 3 is 1.61 bits per heavy atom. The van der Waals surface area contributed by atoms with Crippen LogP contribution in [-0.4, -0.2) is 194 Å². The van der Waals surface area contributed by atoms with Crippen LogP contribution in [0.25, 0.3) is 10.9 Å². The summed E-state index contributed by atoms with van der Waals surface area (Å²) in [7, 11) is 0. The van der Waals surface area contributed by atoms with Crippen LogP contribution >= 0.6 is 23.2 Å². The summed E-state index contributed by atoms with van der Waals surface area (Å²) < 4.78 is 0. The van der Waals surface area contributed by atoms with Crippen molar-refractivity contribution in [2.75, 3.05) is 26.2 Å². The van der Waals surface area contributed by atoms with Gasteiger partial charge in [-0.15, -0.1) is 0 Å². The number of hydrogen-bond donors (Lipinski definition) is 18. The van der Waals surface area contributed by atoms with Crippen molar-refractivity contribution in [3.05, 3.63) is 136 Å². The summed E-state index contributed by atoms with van der Waals surface area (Å²) in [4.78, 5) is 176. The number of amides is 12. The molecule has 10 atom stereocenters. The Labute approximate surface area is 616 Å². The van der Waals surface area contributed by atoms with E-state index in [-0.39, 0.29) is 101 Å². The molecule has 1 aliphatic heterocycles. The Morgan fingerprint density at radius 1 is 0.581 bits per heavy atom. The zero-order valence-electron chi connectivity index (χ0n) is 58.9. The number of halogens is 2. The molecule has 0 bridgehead atoms. The van der Waals surface area contributed by atoms with Crippen LogP contribution in [0.4, 0.5) is 0 Å². The molecule has 105 heavy (non-hydrogen) atoms. The van der Waals surface area contributed by atoms with Crippen LogP contribution in [0.15, 0.2) is 103 Å². The zero-order valence-corrected chi connectivity index (χ0v) is 60.5. The number of benzene rings is 4. The second-order valence-corrected chi connectivity index (χ2v) is 26.9. The molecule has 1 saturated heterocycles. The predicted octanol–water partition coefficient (Wildman–Crippen LogP) is 0.154. The Hall–Kier alpha value is -10.9. The molecule has 2 heterocycles. The van der Waals surface area contributed by atoms with Gasteiger partial charge in [0, 0.05) is 86.3 Å². The van der Waals surface area contributed by atoms with Gasteiger partial charge in [-0.05, 0) is 123 Å². The van der Waals surface area contributed by atoms with E-state index in [0.717, 1.165) is 6.92 Å². The molecule has 34 heteroatoms. The normalized spacial score (nSPS) is 15.1. The third-order valence-electron chi connectivity index (χ3n) is 17.3. The first kappa shape index (κ1) is 83.1. The maximum absolute atomic E-state index is 15.3. The lowest BCUT2D eigenvalue weighted by molar-refractivity contribution is -0.153.